The molecule has 29 heavy (non-hydrogen) atoms. The molecule has 0 bridgehead atoms. The fourth-order valence-corrected chi connectivity index (χ4v) is 3.62. The molecule has 142 valence electrons. The predicted octanol–water partition coefficient (Wildman–Crippen LogP) is 4.07. The SMILES string of the molecule is Cc1cc(C(=O)Nc2cccc(-c3ccc4nnc(-c5cccs5)n4n3)c2)no1. The van der Waals surface area contributed by atoms with Crippen LogP contribution in [0.2, 0.25) is 0 Å². The maximum atomic E-state index is 12.3. The van der Waals surface area contributed by atoms with Gasteiger partial charge in [0.1, 0.15) is 5.76 Å². The van der Waals surface area contributed by atoms with Crippen LogP contribution in [-0.4, -0.2) is 30.9 Å². The van der Waals surface area contributed by atoms with E-state index in [1.807, 2.05) is 53.9 Å². The molecule has 5 aromatic rings. The first-order chi connectivity index (χ1) is 14.2. The summed E-state index contributed by atoms with van der Waals surface area (Å²) >= 11 is 1.58. The summed E-state index contributed by atoms with van der Waals surface area (Å²) in [7, 11) is 0. The molecule has 1 amide bonds. The van der Waals surface area contributed by atoms with Crippen molar-refractivity contribution in [2.45, 2.75) is 6.92 Å². The first kappa shape index (κ1) is 17.3. The van der Waals surface area contributed by atoms with Crippen molar-refractivity contribution >= 4 is 28.6 Å². The lowest BCUT2D eigenvalue weighted by Gasteiger charge is -2.07. The number of fused-ring (bicyclic) bond motifs is 1. The Balaban J connectivity index is 1.48. The van der Waals surface area contributed by atoms with Crippen LogP contribution in [0.5, 0.6) is 0 Å². The molecule has 0 aliphatic carbocycles. The van der Waals surface area contributed by atoms with E-state index in [1.54, 1.807) is 28.8 Å². The molecule has 0 saturated heterocycles. The Morgan fingerprint density at radius 1 is 1.10 bits per heavy atom. The number of benzene rings is 1. The Labute approximate surface area is 168 Å². The summed E-state index contributed by atoms with van der Waals surface area (Å²) in [5, 5.41) is 21.7. The minimum absolute atomic E-state index is 0.234. The lowest BCUT2D eigenvalue weighted by Crippen LogP contribution is -2.12. The van der Waals surface area contributed by atoms with Gasteiger partial charge in [-0.25, -0.2) is 0 Å². The second kappa shape index (κ2) is 6.95. The van der Waals surface area contributed by atoms with Crippen LogP contribution in [0.4, 0.5) is 5.69 Å². The van der Waals surface area contributed by atoms with Gasteiger partial charge in [0.05, 0.1) is 10.6 Å². The van der Waals surface area contributed by atoms with Gasteiger partial charge in [-0.15, -0.1) is 21.5 Å². The maximum absolute atomic E-state index is 12.3. The second-order valence-electron chi connectivity index (χ2n) is 6.35. The summed E-state index contributed by atoms with van der Waals surface area (Å²) in [6.07, 6.45) is 0. The second-order valence-corrected chi connectivity index (χ2v) is 7.29. The molecule has 1 N–H and O–H groups in total. The van der Waals surface area contributed by atoms with Crippen molar-refractivity contribution < 1.29 is 9.32 Å². The lowest BCUT2D eigenvalue weighted by molar-refractivity contribution is 0.101. The van der Waals surface area contributed by atoms with E-state index in [2.05, 4.69) is 20.7 Å². The number of hydrogen-bond acceptors (Lipinski definition) is 7. The molecule has 0 radical (unpaired) electrons. The molecule has 0 fully saturated rings. The smallest absolute Gasteiger partial charge is 0.277 e. The van der Waals surface area contributed by atoms with E-state index in [0.717, 1.165) is 16.1 Å². The molecule has 1 aromatic carbocycles. The zero-order valence-corrected chi connectivity index (χ0v) is 16.1. The standard InChI is InChI=1S/C20H14N6O2S/c1-12-10-16(25-28-12)20(27)21-14-5-2-4-13(11-14)15-7-8-18-22-23-19(26(18)24-15)17-6-3-9-29-17/h2-11H,1H3,(H,21,27). The van der Waals surface area contributed by atoms with Gasteiger partial charge in [0.15, 0.2) is 17.2 Å². The van der Waals surface area contributed by atoms with E-state index in [4.69, 9.17) is 9.62 Å². The van der Waals surface area contributed by atoms with Crippen molar-refractivity contribution in [3.8, 4) is 22.0 Å². The average molecular weight is 402 g/mol. The van der Waals surface area contributed by atoms with Crippen molar-refractivity contribution in [1.29, 1.82) is 0 Å². The molecule has 0 aliphatic heterocycles. The molecule has 4 aromatic heterocycles. The average Bonchev–Trinajstić information content (AvgIpc) is 3.48. The number of carbonyl (C=O) groups excluding carboxylic acids is 1. The zero-order valence-electron chi connectivity index (χ0n) is 15.2. The minimum atomic E-state index is -0.332. The van der Waals surface area contributed by atoms with Crippen molar-refractivity contribution in [2.75, 3.05) is 5.32 Å². The van der Waals surface area contributed by atoms with Gasteiger partial charge in [-0.2, -0.15) is 9.61 Å². The van der Waals surface area contributed by atoms with Crippen LogP contribution in [0, 0.1) is 6.92 Å². The van der Waals surface area contributed by atoms with Gasteiger partial charge in [-0.05, 0) is 42.6 Å². The minimum Gasteiger partial charge on any atom is -0.361 e. The first-order valence-electron chi connectivity index (χ1n) is 8.79. The zero-order chi connectivity index (χ0) is 19.8. The summed E-state index contributed by atoms with van der Waals surface area (Å²) in [6, 6.07) is 16.7. The Kier molecular flexibility index (Phi) is 4.14. The fraction of sp³-hybridized carbons (Fsp3) is 0.0500. The number of aromatic nitrogens is 5. The van der Waals surface area contributed by atoms with Gasteiger partial charge >= 0.3 is 0 Å². The highest BCUT2D eigenvalue weighted by atomic mass is 32.1. The van der Waals surface area contributed by atoms with E-state index < -0.39 is 0 Å². The summed E-state index contributed by atoms with van der Waals surface area (Å²) in [4.78, 5) is 13.3. The highest BCUT2D eigenvalue weighted by Gasteiger charge is 2.13. The molecular weight excluding hydrogens is 388 g/mol. The fourth-order valence-electron chi connectivity index (χ4n) is 2.93. The van der Waals surface area contributed by atoms with Crippen LogP contribution in [0.3, 0.4) is 0 Å². The molecule has 9 heteroatoms. The predicted molar refractivity (Wildman–Crippen MR) is 109 cm³/mol. The van der Waals surface area contributed by atoms with E-state index in [0.29, 0.717) is 22.9 Å². The van der Waals surface area contributed by atoms with Gasteiger partial charge in [-0.3, -0.25) is 4.79 Å². The van der Waals surface area contributed by atoms with Crippen LogP contribution in [0.1, 0.15) is 16.2 Å². The van der Waals surface area contributed by atoms with Crippen LogP contribution in [0.25, 0.3) is 27.6 Å². The van der Waals surface area contributed by atoms with E-state index in [-0.39, 0.29) is 11.6 Å². The molecule has 4 heterocycles. The van der Waals surface area contributed by atoms with Gasteiger partial charge in [0.25, 0.3) is 5.91 Å². The van der Waals surface area contributed by atoms with Crippen LogP contribution < -0.4 is 5.32 Å². The molecule has 5 rings (SSSR count). The molecule has 8 nitrogen and oxygen atoms in total. The van der Waals surface area contributed by atoms with Crippen LogP contribution in [-0.2, 0) is 0 Å². The summed E-state index contributed by atoms with van der Waals surface area (Å²) < 4.78 is 6.68. The topological polar surface area (TPSA) is 98.2 Å². The van der Waals surface area contributed by atoms with Gasteiger partial charge in [0.2, 0.25) is 0 Å². The number of rotatable bonds is 4. The summed E-state index contributed by atoms with van der Waals surface area (Å²) in [5.41, 5.74) is 3.13. The van der Waals surface area contributed by atoms with Crippen molar-refractivity contribution in [2.24, 2.45) is 0 Å². The third-order valence-electron chi connectivity index (χ3n) is 4.28. The molecule has 0 atom stereocenters. The Morgan fingerprint density at radius 3 is 2.83 bits per heavy atom. The van der Waals surface area contributed by atoms with Crippen molar-refractivity contribution in [3.63, 3.8) is 0 Å². The van der Waals surface area contributed by atoms with E-state index in [1.165, 1.54) is 0 Å². The summed E-state index contributed by atoms with van der Waals surface area (Å²) in [5.74, 6) is 0.945. The van der Waals surface area contributed by atoms with Gasteiger partial charge in [0, 0.05) is 17.3 Å². The number of thiophene rings is 1. The lowest BCUT2D eigenvalue weighted by atomic mass is 10.1. The van der Waals surface area contributed by atoms with Crippen LogP contribution >= 0.6 is 11.3 Å². The van der Waals surface area contributed by atoms with Crippen LogP contribution in [0.15, 0.2) is 64.5 Å². The maximum Gasteiger partial charge on any atom is 0.277 e. The number of carbonyl (C=O) groups is 1. The van der Waals surface area contributed by atoms with Crippen molar-refractivity contribution in [3.05, 3.63) is 71.4 Å². The number of anilines is 1. The largest absolute Gasteiger partial charge is 0.361 e. The number of amides is 1. The number of hydrogen-bond donors (Lipinski definition) is 1. The van der Waals surface area contributed by atoms with E-state index >= 15 is 0 Å². The monoisotopic (exact) mass is 402 g/mol. The highest BCUT2D eigenvalue weighted by molar-refractivity contribution is 7.13. The quantitative estimate of drug-likeness (QED) is 0.487. The first-order valence-corrected chi connectivity index (χ1v) is 9.67. The Bertz CT molecular complexity index is 1320. The van der Waals surface area contributed by atoms with Gasteiger partial charge < -0.3 is 9.84 Å². The van der Waals surface area contributed by atoms with E-state index in [9.17, 15) is 4.79 Å². The van der Waals surface area contributed by atoms with Crippen molar-refractivity contribution in [1.82, 2.24) is 25.0 Å². The highest BCUT2D eigenvalue weighted by Crippen LogP contribution is 2.25. The molecular formula is C20H14N6O2S. The normalized spacial score (nSPS) is 11.1. The Hall–Kier alpha value is -3.85. The molecule has 0 saturated carbocycles. The number of nitrogens with zero attached hydrogens (tertiary/aromatic N) is 5. The summed E-state index contributed by atoms with van der Waals surface area (Å²) in [6.45, 7) is 1.74. The molecule has 0 aliphatic rings. The Morgan fingerprint density at radius 2 is 2.03 bits per heavy atom. The molecule has 0 unspecified atom stereocenters. The van der Waals surface area contributed by atoms with Gasteiger partial charge in [-0.1, -0.05) is 23.4 Å². The number of nitrogens with one attached hydrogen (secondary N) is 1. The third-order valence-corrected chi connectivity index (χ3v) is 5.15. The third kappa shape index (κ3) is 3.27. The molecule has 0 spiro atoms. The number of aryl methyl sites for hydroxylation is 1.